The number of nitrogens with zero attached hydrogens (tertiary/aromatic N) is 2. The summed E-state index contributed by atoms with van der Waals surface area (Å²) in [5.41, 5.74) is 3.53. The van der Waals surface area contributed by atoms with Gasteiger partial charge in [-0.15, -0.1) is 0 Å². The van der Waals surface area contributed by atoms with E-state index in [0.717, 1.165) is 5.69 Å². The molecule has 2 atom stereocenters. The van der Waals surface area contributed by atoms with Crippen LogP contribution < -0.4 is 10.6 Å². The standard InChI is InChI=1S/C15H28N4/c1-11(10-14-8-6-5-7-9-16-14)17-15-12(2)18-19(4)13(15)3/h11,14,16-17H,5-10H2,1-4H3. The molecule has 0 aromatic carbocycles. The largest absolute Gasteiger partial charge is 0.380 e. The quantitative estimate of drug-likeness (QED) is 0.878. The number of aromatic nitrogens is 2. The van der Waals surface area contributed by atoms with Gasteiger partial charge in [0.25, 0.3) is 0 Å². The summed E-state index contributed by atoms with van der Waals surface area (Å²) in [5.74, 6) is 0. The topological polar surface area (TPSA) is 41.9 Å². The van der Waals surface area contributed by atoms with Crippen LogP contribution in [0.25, 0.3) is 0 Å². The fourth-order valence-corrected chi connectivity index (χ4v) is 3.02. The smallest absolute Gasteiger partial charge is 0.0827 e. The predicted octanol–water partition coefficient (Wildman–Crippen LogP) is 2.76. The van der Waals surface area contributed by atoms with Crippen molar-refractivity contribution in [3.05, 3.63) is 11.4 Å². The van der Waals surface area contributed by atoms with E-state index in [0.29, 0.717) is 12.1 Å². The Morgan fingerprint density at radius 2 is 2.16 bits per heavy atom. The zero-order valence-electron chi connectivity index (χ0n) is 12.8. The number of rotatable bonds is 4. The molecule has 4 nitrogen and oxygen atoms in total. The average Bonchev–Trinajstić information content (AvgIpc) is 2.60. The van der Waals surface area contributed by atoms with Gasteiger partial charge in [0.15, 0.2) is 0 Å². The van der Waals surface area contributed by atoms with Crippen LogP contribution in [0.3, 0.4) is 0 Å². The first-order valence-corrected chi connectivity index (χ1v) is 7.58. The normalized spacial score (nSPS) is 22.0. The minimum Gasteiger partial charge on any atom is -0.380 e. The van der Waals surface area contributed by atoms with Crippen molar-refractivity contribution in [3.8, 4) is 0 Å². The molecule has 2 unspecified atom stereocenters. The maximum Gasteiger partial charge on any atom is 0.0827 e. The first kappa shape index (κ1) is 14.4. The summed E-state index contributed by atoms with van der Waals surface area (Å²) in [6, 6.07) is 1.15. The Labute approximate surface area is 117 Å². The molecule has 0 amide bonds. The first-order chi connectivity index (χ1) is 9.08. The van der Waals surface area contributed by atoms with Crippen LogP contribution in [0.5, 0.6) is 0 Å². The van der Waals surface area contributed by atoms with Crippen molar-refractivity contribution in [2.75, 3.05) is 11.9 Å². The third kappa shape index (κ3) is 3.72. The maximum absolute atomic E-state index is 4.46. The lowest BCUT2D eigenvalue weighted by Crippen LogP contribution is -2.33. The lowest BCUT2D eigenvalue weighted by atomic mass is 10.0. The second-order valence-electron chi connectivity index (χ2n) is 5.95. The Kier molecular flexibility index (Phi) is 4.86. The molecule has 2 heterocycles. The third-order valence-electron chi connectivity index (χ3n) is 4.20. The van der Waals surface area contributed by atoms with E-state index in [4.69, 9.17) is 0 Å². The lowest BCUT2D eigenvalue weighted by molar-refractivity contribution is 0.456. The monoisotopic (exact) mass is 264 g/mol. The zero-order valence-corrected chi connectivity index (χ0v) is 12.8. The third-order valence-corrected chi connectivity index (χ3v) is 4.20. The number of hydrogen-bond donors (Lipinski definition) is 2. The average molecular weight is 264 g/mol. The zero-order chi connectivity index (χ0) is 13.8. The molecule has 108 valence electrons. The van der Waals surface area contributed by atoms with Gasteiger partial charge < -0.3 is 10.6 Å². The van der Waals surface area contributed by atoms with Crippen LogP contribution in [0.4, 0.5) is 5.69 Å². The Morgan fingerprint density at radius 3 is 2.84 bits per heavy atom. The van der Waals surface area contributed by atoms with E-state index < -0.39 is 0 Å². The number of hydrogen-bond acceptors (Lipinski definition) is 3. The van der Waals surface area contributed by atoms with Crippen molar-refractivity contribution in [1.29, 1.82) is 0 Å². The molecule has 1 saturated heterocycles. The number of anilines is 1. The van der Waals surface area contributed by atoms with Crippen LogP contribution in [-0.2, 0) is 7.05 Å². The molecular weight excluding hydrogens is 236 g/mol. The van der Waals surface area contributed by atoms with Crippen molar-refractivity contribution in [2.24, 2.45) is 7.05 Å². The van der Waals surface area contributed by atoms with Crippen molar-refractivity contribution in [2.45, 2.75) is 65.0 Å². The highest BCUT2D eigenvalue weighted by Gasteiger charge is 2.17. The summed E-state index contributed by atoms with van der Waals surface area (Å²) in [5, 5.41) is 11.8. The van der Waals surface area contributed by atoms with E-state index in [1.165, 1.54) is 50.0 Å². The second kappa shape index (κ2) is 6.42. The first-order valence-electron chi connectivity index (χ1n) is 7.58. The van der Waals surface area contributed by atoms with E-state index in [2.05, 4.69) is 36.5 Å². The molecule has 1 aliphatic heterocycles. The van der Waals surface area contributed by atoms with Gasteiger partial charge in [-0.1, -0.05) is 12.8 Å². The van der Waals surface area contributed by atoms with Crippen molar-refractivity contribution >= 4 is 5.69 Å². The van der Waals surface area contributed by atoms with E-state index in [1.54, 1.807) is 0 Å². The predicted molar refractivity (Wildman–Crippen MR) is 80.6 cm³/mol. The molecule has 0 radical (unpaired) electrons. The fraction of sp³-hybridized carbons (Fsp3) is 0.800. The van der Waals surface area contributed by atoms with Crippen molar-refractivity contribution in [3.63, 3.8) is 0 Å². The van der Waals surface area contributed by atoms with Crippen LogP contribution in [-0.4, -0.2) is 28.4 Å². The molecule has 2 rings (SSSR count). The second-order valence-corrected chi connectivity index (χ2v) is 5.95. The number of aryl methyl sites for hydroxylation is 2. The van der Waals surface area contributed by atoms with E-state index in [-0.39, 0.29) is 0 Å². The Bertz CT molecular complexity index is 403. The van der Waals surface area contributed by atoms with Gasteiger partial charge in [-0.05, 0) is 46.6 Å². The number of nitrogens with one attached hydrogen (secondary N) is 2. The highest BCUT2D eigenvalue weighted by Crippen LogP contribution is 2.21. The van der Waals surface area contributed by atoms with Gasteiger partial charge >= 0.3 is 0 Å². The van der Waals surface area contributed by atoms with Gasteiger partial charge in [0.05, 0.1) is 17.1 Å². The highest BCUT2D eigenvalue weighted by atomic mass is 15.3. The van der Waals surface area contributed by atoms with Gasteiger partial charge in [0, 0.05) is 19.1 Å². The van der Waals surface area contributed by atoms with Gasteiger partial charge in [0.2, 0.25) is 0 Å². The molecular formula is C15H28N4. The summed E-state index contributed by atoms with van der Waals surface area (Å²) in [6.07, 6.45) is 6.59. The van der Waals surface area contributed by atoms with Gasteiger partial charge in [0.1, 0.15) is 0 Å². The molecule has 1 aromatic heterocycles. The minimum atomic E-state index is 0.484. The van der Waals surface area contributed by atoms with E-state index in [1.807, 2.05) is 11.7 Å². The van der Waals surface area contributed by atoms with E-state index >= 15 is 0 Å². The summed E-state index contributed by atoms with van der Waals surface area (Å²) in [7, 11) is 2.00. The molecule has 2 N–H and O–H groups in total. The summed E-state index contributed by atoms with van der Waals surface area (Å²) in [6.45, 7) is 7.66. The Balaban J connectivity index is 1.91. The summed E-state index contributed by atoms with van der Waals surface area (Å²) in [4.78, 5) is 0. The molecule has 0 spiro atoms. The van der Waals surface area contributed by atoms with Crippen LogP contribution in [0.2, 0.25) is 0 Å². The van der Waals surface area contributed by atoms with Crippen molar-refractivity contribution in [1.82, 2.24) is 15.1 Å². The lowest BCUT2D eigenvalue weighted by Gasteiger charge is -2.22. The molecule has 0 aliphatic carbocycles. The van der Waals surface area contributed by atoms with Gasteiger partial charge in [-0.2, -0.15) is 5.10 Å². The summed E-state index contributed by atoms with van der Waals surface area (Å²) < 4.78 is 1.95. The molecule has 1 fully saturated rings. The highest BCUT2D eigenvalue weighted by molar-refractivity contribution is 5.52. The molecule has 4 heteroatoms. The maximum atomic E-state index is 4.46. The molecule has 0 bridgehead atoms. The van der Waals surface area contributed by atoms with Crippen LogP contribution in [0.15, 0.2) is 0 Å². The summed E-state index contributed by atoms with van der Waals surface area (Å²) >= 11 is 0. The van der Waals surface area contributed by atoms with Crippen LogP contribution in [0, 0.1) is 13.8 Å². The molecule has 19 heavy (non-hydrogen) atoms. The SMILES string of the molecule is Cc1nn(C)c(C)c1NC(C)CC1CCCCCN1. The minimum absolute atomic E-state index is 0.484. The van der Waals surface area contributed by atoms with Crippen LogP contribution >= 0.6 is 0 Å². The van der Waals surface area contributed by atoms with Gasteiger partial charge in [-0.25, -0.2) is 0 Å². The van der Waals surface area contributed by atoms with Crippen molar-refractivity contribution < 1.29 is 0 Å². The molecule has 1 aromatic rings. The molecule has 1 aliphatic rings. The van der Waals surface area contributed by atoms with Crippen LogP contribution in [0.1, 0.15) is 50.4 Å². The van der Waals surface area contributed by atoms with Gasteiger partial charge in [-0.3, -0.25) is 4.68 Å². The molecule has 0 saturated carbocycles. The Morgan fingerprint density at radius 1 is 1.37 bits per heavy atom. The Hall–Kier alpha value is -1.03. The fourth-order valence-electron chi connectivity index (χ4n) is 3.02. The van der Waals surface area contributed by atoms with E-state index in [9.17, 15) is 0 Å².